The van der Waals surface area contributed by atoms with Crippen LogP contribution in [-0.4, -0.2) is 11.4 Å². The van der Waals surface area contributed by atoms with Gasteiger partial charge in [0.2, 0.25) is 12.3 Å². The summed E-state index contributed by atoms with van der Waals surface area (Å²) in [5.74, 6) is 0.992. The molecule has 4 nitrogen and oxygen atoms in total. The highest BCUT2D eigenvalue weighted by Gasteiger charge is 2.07. The van der Waals surface area contributed by atoms with E-state index >= 15 is 0 Å². The molecule has 0 spiro atoms. The second kappa shape index (κ2) is 5.45. The summed E-state index contributed by atoms with van der Waals surface area (Å²) < 4.78 is 6.44. The van der Waals surface area contributed by atoms with Gasteiger partial charge in [0.25, 0.3) is 0 Å². The Morgan fingerprint density at radius 1 is 1.24 bits per heavy atom. The number of nitrogens with one attached hydrogen (secondary N) is 1. The Balaban J connectivity index is 2.30. The highest BCUT2D eigenvalue weighted by molar-refractivity contribution is 9.10. The number of benzene rings is 1. The van der Waals surface area contributed by atoms with Crippen molar-refractivity contribution in [1.82, 2.24) is 4.98 Å². The van der Waals surface area contributed by atoms with Gasteiger partial charge < -0.3 is 10.1 Å². The molecule has 0 aliphatic carbocycles. The molecule has 1 aromatic heterocycles. The Labute approximate surface area is 107 Å². The SMILES string of the molecule is O=CNc1cccnc1Oc1ccccc1Br. The smallest absolute Gasteiger partial charge is 0.243 e. The van der Waals surface area contributed by atoms with Gasteiger partial charge >= 0.3 is 0 Å². The van der Waals surface area contributed by atoms with E-state index in [-0.39, 0.29) is 0 Å². The van der Waals surface area contributed by atoms with Crippen LogP contribution in [0.2, 0.25) is 0 Å². The minimum atomic E-state index is 0.353. The van der Waals surface area contributed by atoms with E-state index in [0.717, 1.165) is 4.47 Å². The summed E-state index contributed by atoms with van der Waals surface area (Å²) in [6.45, 7) is 0. The zero-order chi connectivity index (χ0) is 12.1. The van der Waals surface area contributed by atoms with Gasteiger partial charge in [-0.25, -0.2) is 4.98 Å². The second-order valence-electron chi connectivity index (χ2n) is 3.15. The molecule has 0 aliphatic rings. The van der Waals surface area contributed by atoms with E-state index in [9.17, 15) is 4.79 Å². The van der Waals surface area contributed by atoms with Crippen LogP contribution in [0, 0.1) is 0 Å². The Morgan fingerprint density at radius 3 is 2.82 bits per heavy atom. The van der Waals surface area contributed by atoms with E-state index in [1.165, 1.54) is 0 Å². The molecule has 1 amide bonds. The van der Waals surface area contributed by atoms with Crippen molar-refractivity contribution in [3.8, 4) is 11.6 Å². The molecule has 86 valence electrons. The fourth-order valence-electron chi connectivity index (χ4n) is 1.28. The minimum Gasteiger partial charge on any atom is -0.436 e. The maximum atomic E-state index is 10.4. The third-order valence-corrected chi connectivity index (χ3v) is 2.68. The molecule has 1 heterocycles. The highest BCUT2D eigenvalue weighted by Crippen LogP contribution is 2.31. The summed E-state index contributed by atoms with van der Waals surface area (Å²) >= 11 is 3.37. The zero-order valence-corrected chi connectivity index (χ0v) is 10.3. The quantitative estimate of drug-likeness (QED) is 0.881. The predicted molar refractivity (Wildman–Crippen MR) is 68.1 cm³/mol. The molecular formula is C12H9BrN2O2. The van der Waals surface area contributed by atoms with E-state index in [1.54, 1.807) is 18.3 Å². The van der Waals surface area contributed by atoms with Crippen molar-refractivity contribution in [2.75, 3.05) is 5.32 Å². The normalized spacial score (nSPS) is 9.71. The molecule has 0 saturated carbocycles. The van der Waals surface area contributed by atoms with Crippen molar-refractivity contribution >= 4 is 28.0 Å². The van der Waals surface area contributed by atoms with Crippen molar-refractivity contribution in [2.45, 2.75) is 0 Å². The third kappa shape index (κ3) is 2.82. The average molecular weight is 293 g/mol. The van der Waals surface area contributed by atoms with Gasteiger partial charge in [0, 0.05) is 6.20 Å². The molecular weight excluding hydrogens is 284 g/mol. The first-order valence-corrected chi connectivity index (χ1v) is 5.68. The van der Waals surface area contributed by atoms with Crippen LogP contribution >= 0.6 is 15.9 Å². The lowest BCUT2D eigenvalue weighted by molar-refractivity contribution is -0.105. The summed E-state index contributed by atoms with van der Waals surface area (Å²) in [6, 6.07) is 10.9. The molecule has 2 rings (SSSR count). The van der Waals surface area contributed by atoms with E-state index in [2.05, 4.69) is 26.2 Å². The van der Waals surface area contributed by atoms with E-state index < -0.39 is 0 Å². The van der Waals surface area contributed by atoms with Gasteiger partial charge in [-0.05, 0) is 40.2 Å². The Kier molecular flexibility index (Phi) is 3.72. The number of para-hydroxylation sites is 1. The first kappa shape index (κ1) is 11.6. The number of hydrogen-bond acceptors (Lipinski definition) is 3. The molecule has 5 heteroatoms. The number of anilines is 1. The van der Waals surface area contributed by atoms with Crippen LogP contribution in [-0.2, 0) is 4.79 Å². The molecule has 0 radical (unpaired) electrons. The van der Waals surface area contributed by atoms with Crippen LogP contribution in [0.1, 0.15) is 0 Å². The monoisotopic (exact) mass is 292 g/mol. The minimum absolute atomic E-state index is 0.353. The molecule has 17 heavy (non-hydrogen) atoms. The van der Waals surface area contributed by atoms with E-state index in [4.69, 9.17) is 4.74 Å². The first-order valence-electron chi connectivity index (χ1n) is 4.89. The Hall–Kier alpha value is -1.88. The van der Waals surface area contributed by atoms with Gasteiger partial charge in [0.1, 0.15) is 11.4 Å². The summed E-state index contributed by atoms with van der Waals surface area (Å²) in [6.07, 6.45) is 2.19. The predicted octanol–water partition coefficient (Wildman–Crippen LogP) is 3.20. The van der Waals surface area contributed by atoms with Crippen molar-refractivity contribution in [3.63, 3.8) is 0 Å². The van der Waals surface area contributed by atoms with E-state index in [1.807, 2.05) is 24.3 Å². The molecule has 0 bridgehead atoms. The molecule has 1 aromatic carbocycles. The maximum Gasteiger partial charge on any atom is 0.243 e. The van der Waals surface area contributed by atoms with Crippen molar-refractivity contribution < 1.29 is 9.53 Å². The van der Waals surface area contributed by atoms with Crippen LogP contribution in [0.15, 0.2) is 47.1 Å². The maximum absolute atomic E-state index is 10.4. The number of rotatable bonds is 4. The lowest BCUT2D eigenvalue weighted by Gasteiger charge is -2.09. The lowest BCUT2D eigenvalue weighted by Crippen LogP contribution is -1.98. The van der Waals surface area contributed by atoms with Gasteiger partial charge in [-0.2, -0.15) is 0 Å². The van der Waals surface area contributed by atoms with Gasteiger partial charge in [-0.15, -0.1) is 0 Å². The highest BCUT2D eigenvalue weighted by atomic mass is 79.9. The number of ether oxygens (including phenoxy) is 1. The summed E-state index contributed by atoms with van der Waals surface area (Å²) in [5.41, 5.74) is 0.526. The average Bonchev–Trinajstić information content (AvgIpc) is 2.35. The lowest BCUT2D eigenvalue weighted by atomic mass is 10.3. The number of nitrogens with zero attached hydrogens (tertiary/aromatic N) is 1. The Bertz CT molecular complexity index is 531. The third-order valence-electron chi connectivity index (χ3n) is 2.03. The molecule has 1 N–H and O–H groups in total. The molecule has 0 aliphatic heterocycles. The fourth-order valence-corrected chi connectivity index (χ4v) is 1.64. The molecule has 0 saturated heterocycles. The van der Waals surface area contributed by atoms with Crippen LogP contribution in [0.25, 0.3) is 0 Å². The van der Waals surface area contributed by atoms with Crippen LogP contribution in [0.4, 0.5) is 5.69 Å². The molecule has 0 atom stereocenters. The summed E-state index contributed by atoms with van der Waals surface area (Å²) in [7, 11) is 0. The number of aromatic nitrogens is 1. The van der Waals surface area contributed by atoms with Crippen LogP contribution in [0.3, 0.4) is 0 Å². The molecule has 0 fully saturated rings. The number of pyridine rings is 1. The largest absolute Gasteiger partial charge is 0.436 e. The van der Waals surface area contributed by atoms with Crippen molar-refractivity contribution in [2.24, 2.45) is 0 Å². The summed E-state index contributed by atoms with van der Waals surface area (Å²) in [5, 5.41) is 2.53. The van der Waals surface area contributed by atoms with Crippen molar-refractivity contribution in [3.05, 3.63) is 47.1 Å². The molecule has 0 unspecified atom stereocenters. The summed E-state index contributed by atoms with van der Waals surface area (Å²) in [4.78, 5) is 14.5. The fraction of sp³-hybridized carbons (Fsp3) is 0. The van der Waals surface area contributed by atoms with Gasteiger partial charge in [0.05, 0.1) is 4.47 Å². The standard InChI is InChI=1S/C12H9BrN2O2/c13-9-4-1-2-6-11(9)17-12-10(15-8-16)5-3-7-14-12/h1-8H,(H,15,16). The van der Waals surface area contributed by atoms with Gasteiger partial charge in [-0.3, -0.25) is 4.79 Å². The zero-order valence-electron chi connectivity index (χ0n) is 8.76. The second-order valence-corrected chi connectivity index (χ2v) is 4.01. The van der Waals surface area contributed by atoms with Gasteiger partial charge in [-0.1, -0.05) is 12.1 Å². The number of carbonyl (C=O) groups excluding carboxylic acids is 1. The number of hydrogen-bond donors (Lipinski definition) is 1. The van der Waals surface area contributed by atoms with Crippen molar-refractivity contribution in [1.29, 1.82) is 0 Å². The Morgan fingerprint density at radius 2 is 2.06 bits per heavy atom. The van der Waals surface area contributed by atoms with Crippen LogP contribution < -0.4 is 10.1 Å². The number of carbonyl (C=O) groups is 1. The topological polar surface area (TPSA) is 51.2 Å². The number of halogens is 1. The van der Waals surface area contributed by atoms with Gasteiger partial charge in [0.15, 0.2) is 0 Å². The molecule has 2 aromatic rings. The van der Waals surface area contributed by atoms with E-state index in [0.29, 0.717) is 23.7 Å². The first-order chi connectivity index (χ1) is 8.31. The number of amides is 1. The van der Waals surface area contributed by atoms with Crippen LogP contribution in [0.5, 0.6) is 11.6 Å².